The van der Waals surface area contributed by atoms with Gasteiger partial charge in [0.2, 0.25) is 11.8 Å². The Hall–Kier alpha value is -4.44. The van der Waals surface area contributed by atoms with E-state index in [1.165, 1.54) is 4.90 Å². The molecule has 2 heterocycles. The zero-order chi connectivity index (χ0) is 27.9. The summed E-state index contributed by atoms with van der Waals surface area (Å²) in [7, 11) is 1.58. The molecule has 208 valence electrons. The summed E-state index contributed by atoms with van der Waals surface area (Å²) in [4.78, 5) is 29.6. The van der Waals surface area contributed by atoms with Crippen molar-refractivity contribution < 1.29 is 23.8 Å². The molecular weight excluding hydrogens is 510 g/mol. The maximum Gasteiger partial charge on any atom is 0.249 e. The summed E-state index contributed by atoms with van der Waals surface area (Å²) in [5.74, 6) is 0.680. The lowest BCUT2D eigenvalue weighted by Crippen LogP contribution is -2.46. The first kappa shape index (κ1) is 27.1. The lowest BCUT2D eigenvalue weighted by Gasteiger charge is -2.32. The summed E-state index contributed by atoms with van der Waals surface area (Å²) in [6, 6.07) is 20.8. The quantitative estimate of drug-likeness (QED) is 0.306. The molecule has 0 bridgehead atoms. The zero-order valence-corrected chi connectivity index (χ0v) is 22.7. The monoisotopic (exact) mass is 543 g/mol. The number of carbonyl (C=O) groups is 2. The Morgan fingerprint density at radius 1 is 1.07 bits per heavy atom. The molecule has 2 unspecified atom stereocenters. The van der Waals surface area contributed by atoms with Gasteiger partial charge in [-0.1, -0.05) is 29.5 Å². The van der Waals surface area contributed by atoms with Gasteiger partial charge in [-0.2, -0.15) is 0 Å². The number of ether oxygens (including phenoxy) is 3. The van der Waals surface area contributed by atoms with Gasteiger partial charge in [0.05, 0.1) is 25.3 Å². The highest BCUT2D eigenvalue weighted by Crippen LogP contribution is 2.31. The van der Waals surface area contributed by atoms with Crippen molar-refractivity contribution in [1.82, 2.24) is 20.3 Å². The number of para-hydroxylation sites is 1. The average Bonchev–Trinajstić information content (AvgIpc) is 3.66. The van der Waals surface area contributed by atoms with E-state index in [2.05, 4.69) is 15.6 Å². The standard InChI is InChI=1S/C30H33N5O5/c1-3-39-24-16-12-22(13-17-24)35(28(36)20-34-27-9-5-4-8-26(27)32-33-34)29(21-10-14-23(38-2)15-11-21)30(37)31-19-25-7-6-18-40-25/h4-5,8-17,25,29H,3,6-7,18-20H2,1-2H3,(H,31,37). The van der Waals surface area contributed by atoms with Gasteiger partial charge in [-0.3, -0.25) is 14.5 Å². The number of carbonyl (C=O) groups excluding carboxylic acids is 2. The van der Waals surface area contributed by atoms with Crippen LogP contribution in [0.2, 0.25) is 0 Å². The number of anilines is 1. The molecule has 40 heavy (non-hydrogen) atoms. The van der Waals surface area contributed by atoms with Gasteiger partial charge >= 0.3 is 0 Å². The van der Waals surface area contributed by atoms with Crippen LogP contribution in [0.1, 0.15) is 31.4 Å². The molecule has 2 amide bonds. The first-order chi connectivity index (χ1) is 19.6. The average molecular weight is 544 g/mol. The maximum absolute atomic E-state index is 14.1. The third-order valence-corrected chi connectivity index (χ3v) is 6.87. The SMILES string of the molecule is CCOc1ccc(N(C(=O)Cn2nnc3ccccc32)C(C(=O)NCC2CCCO2)c2ccc(OC)cc2)cc1. The third kappa shape index (κ3) is 6.07. The van der Waals surface area contributed by atoms with Gasteiger partial charge < -0.3 is 19.5 Å². The number of nitrogens with one attached hydrogen (secondary N) is 1. The van der Waals surface area contributed by atoms with Crippen LogP contribution < -0.4 is 19.7 Å². The van der Waals surface area contributed by atoms with Crippen molar-refractivity contribution in [2.75, 3.05) is 31.8 Å². The van der Waals surface area contributed by atoms with Crippen LogP contribution in [0.3, 0.4) is 0 Å². The second-order valence-electron chi connectivity index (χ2n) is 9.48. The van der Waals surface area contributed by atoms with Gasteiger partial charge in [0, 0.05) is 18.8 Å². The van der Waals surface area contributed by atoms with Crippen LogP contribution in [0, 0.1) is 0 Å². The Morgan fingerprint density at radius 2 is 1.82 bits per heavy atom. The smallest absolute Gasteiger partial charge is 0.249 e. The molecule has 1 saturated heterocycles. The highest BCUT2D eigenvalue weighted by atomic mass is 16.5. The van der Waals surface area contributed by atoms with Crippen molar-refractivity contribution in [1.29, 1.82) is 0 Å². The van der Waals surface area contributed by atoms with Crippen molar-refractivity contribution in [3.63, 3.8) is 0 Å². The minimum Gasteiger partial charge on any atom is -0.497 e. The second kappa shape index (κ2) is 12.6. The highest BCUT2D eigenvalue weighted by Gasteiger charge is 2.34. The molecule has 1 N–H and O–H groups in total. The molecule has 2 atom stereocenters. The van der Waals surface area contributed by atoms with Crippen molar-refractivity contribution >= 4 is 28.5 Å². The van der Waals surface area contributed by atoms with E-state index in [9.17, 15) is 9.59 Å². The zero-order valence-electron chi connectivity index (χ0n) is 22.7. The predicted octanol–water partition coefficient (Wildman–Crippen LogP) is 3.91. The Morgan fingerprint density at radius 3 is 2.52 bits per heavy atom. The van der Waals surface area contributed by atoms with Crippen LogP contribution in [0.4, 0.5) is 5.69 Å². The normalized spacial score (nSPS) is 15.5. The molecule has 10 nitrogen and oxygen atoms in total. The van der Waals surface area contributed by atoms with E-state index in [-0.39, 0.29) is 24.5 Å². The van der Waals surface area contributed by atoms with Crippen molar-refractivity contribution in [3.05, 3.63) is 78.4 Å². The summed E-state index contributed by atoms with van der Waals surface area (Å²) in [5.41, 5.74) is 2.59. The van der Waals surface area contributed by atoms with Crippen LogP contribution in [0.25, 0.3) is 11.0 Å². The molecule has 1 aliphatic heterocycles. The molecular formula is C30H33N5O5. The fourth-order valence-electron chi connectivity index (χ4n) is 4.87. The predicted molar refractivity (Wildman–Crippen MR) is 150 cm³/mol. The molecule has 0 aliphatic carbocycles. The summed E-state index contributed by atoms with van der Waals surface area (Å²) in [6.45, 7) is 3.36. The van der Waals surface area contributed by atoms with E-state index < -0.39 is 6.04 Å². The van der Waals surface area contributed by atoms with E-state index in [0.29, 0.717) is 48.0 Å². The Balaban J connectivity index is 1.53. The first-order valence-corrected chi connectivity index (χ1v) is 13.4. The number of aromatic nitrogens is 3. The number of hydrogen-bond acceptors (Lipinski definition) is 7. The molecule has 1 aromatic heterocycles. The summed E-state index contributed by atoms with van der Waals surface area (Å²) >= 11 is 0. The van der Waals surface area contributed by atoms with Gasteiger partial charge in [-0.25, -0.2) is 4.68 Å². The van der Waals surface area contributed by atoms with E-state index in [1.54, 1.807) is 60.3 Å². The summed E-state index contributed by atoms with van der Waals surface area (Å²) in [6.07, 6.45) is 1.80. The number of nitrogens with zero attached hydrogens (tertiary/aromatic N) is 4. The molecule has 10 heteroatoms. The molecule has 1 aliphatic rings. The fraction of sp³-hybridized carbons (Fsp3) is 0.333. The molecule has 3 aromatic carbocycles. The highest BCUT2D eigenvalue weighted by molar-refractivity contribution is 6.01. The van der Waals surface area contributed by atoms with Gasteiger partial charge in [0.15, 0.2) is 0 Å². The van der Waals surface area contributed by atoms with Crippen molar-refractivity contribution in [2.24, 2.45) is 0 Å². The van der Waals surface area contributed by atoms with Crippen LogP contribution >= 0.6 is 0 Å². The second-order valence-corrected chi connectivity index (χ2v) is 9.48. The third-order valence-electron chi connectivity index (χ3n) is 6.87. The van der Waals surface area contributed by atoms with Crippen LogP contribution in [-0.2, 0) is 20.9 Å². The van der Waals surface area contributed by atoms with Gasteiger partial charge in [-0.05, 0) is 73.9 Å². The van der Waals surface area contributed by atoms with Crippen molar-refractivity contribution in [2.45, 2.75) is 38.5 Å². The Bertz CT molecular complexity index is 1430. The molecule has 0 saturated carbocycles. The van der Waals surface area contributed by atoms with E-state index in [4.69, 9.17) is 14.2 Å². The Labute approximate surface area is 232 Å². The number of rotatable bonds is 11. The van der Waals surface area contributed by atoms with Crippen LogP contribution in [-0.4, -0.2) is 59.8 Å². The molecule has 4 aromatic rings. The molecule has 0 spiro atoms. The Kier molecular flexibility index (Phi) is 8.56. The van der Waals surface area contributed by atoms with E-state index in [0.717, 1.165) is 18.4 Å². The minimum atomic E-state index is -0.965. The topological polar surface area (TPSA) is 108 Å². The van der Waals surface area contributed by atoms with Gasteiger partial charge in [0.1, 0.15) is 29.6 Å². The van der Waals surface area contributed by atoms with Gasteiger partial charge in [-0.15, -0.1) is 5.10 Å². The van der Waals surface area contributed by atoms with Crippen molar-refractivity contribution in [3.8, 4) is 11.5 Å². The lowest BCUT2D eigenvalue weighted by atomic mass is 10.0. The lowest BCUT2D eigenvalue weighted by molar-refractivity contribution is -0.127. The number of amides is 2. The summed E-state index contributed by atoms with van der Waals surface area (Å²) < 4.78 is 18.2. The van der Waals surface area contributed by atoms with Crippen LogP contribution in [0.15, 0.2) is 72.8 Å². The van der Waals surface area contributed by atoms with E-state index in [1.807, 2.05) is 31.2 Å². The molecule has 0 radical (unpaired) electrons. The summed E-state index contributed by atoms with van der Waals surface area (Å²) in [5, 5.41) is 11.4. The number of fused-ring (bicyclic) bond motifs is 1. The molecule has 5 rings (SSSR count). The number of hydrogen-bond donors (Lipinski definition) is 1. The minimum absolute atomic E-state index is 0.0448. The van der Waals surface area contributed by atoms with E-state index >= 15 is 0 Å². The van der Waals surface area contributed by atoms with Gasteiger partial charge in [0.25, 0.3) is 0 Å². The fourth-order valence-corrected chi connectivity index (χ4v) is 4.87. The maximum atomic E-state index is 14.1. The van der Waals surface area contributed by atoms with Crippen LogP contribution in [0.5, 0.6) is 11.5 Å². The number of benzene rings is 3. The first-order valence-electron chi connectivity index (χ1n) is 13.4. The molecule has 1 fully saturated rings. The number of methoxy groups -OCH3 is 1. The largest absolute Gasteiger partial charge is 0.497 e.